The number of hydrogen-bond donors (Lipinski definition) is 2. The number of aromatic amines is 1. The first kappa shape index (κ1) is 17.9. The van der Waals surface area contributed by atoms with Gasteiger partial charge in [0.2, 0.25) is 5.91 Å². The van der Waals surface area contributed by atoms with Crippen LogP contribution in [0.2, 0.25) is 0 Å². The van der Waals surface area contributed by atoms with Crippen molar-refractivity contribution >= 4 is 33.4 Å². The van der Waals surface area contributed by atoms with Crippen LogP contribution < -0.4 is 5.32 Å². The molecule has 0 aliphatic carbocycles. The van der Waals surface area contributed by atoms with Crippen molar-refractivity contribution in [3.05, 3.63) is 23.2 Å². The van der Waals surface area contributed by atoms with Crippen LogP contribution in [0.15, 0.2) is 17.5 Å². The van der Waals surface area contributed by atoms with E-state index in [1.165, 1.54) is 0 Å². The molecule has 3 heterocycles. The van der Waals surface area contributed by atoms with E-state index in [2.05, 4.69) is 10.3 Å². The number of carbonyl (C=O) groups excluding carboxylic acids is 2. The van der Waals surface area contributed by atoms with Gasteiger partial charge in [0.05, 0.1) is 0 Å². The second kappa shape index (κ2) is 8.49. The van der Waals surface area contributed by atoms with Gasteiger partial charge in [-0.25, -0.2) is 0 Å². The number of amides is 2. The van der Waals surface area contributed by atoms with E-state index in [4.69, 9.17) is 4.74 Å². The molecule has 1 fully saturated rings. The molecule has 7 heteroatoms. The molecule has 3 rings (SSSR count). The Bertz CT molecular complexity index is 688. The third-order valence-electron chi connectivity index (χ3n) is 4.60. The summed E-state index contributed by atoms with van der Waals surface area (Å²) in [7, 11) is 0. The van der Waals surface area contributed by atoms with Crippen LogP contribution in [0.25, 0.3) is 10.2 Å². The number of thiophene rings is 1. The van der Waals surface area contributed by atoms with Crippen molar-refractivity contribution < 1.29 is 14.3 Å². The van der Waals surface area contributed by atoms with E-state index in [1.54, 1.807) is 11.3 Å². The van der Waals surface area contributed by atoms with Gasteiger partial charge in [-0.05, 0) is 43.7 Å². The molecule has 2 amide bonds. The minimum atomic E-state index is 0.00304. The average Bonchev–Trinajstić information content (AvgIpc) is 3.23. The van der Waals surface area contributed by atoms with E-state index >= 15 is 0 Å². The van der Waals surface area contributed by atoms with Crippen molar-refractivity contribution in [2.45, 2.75) is 26.2 Å². The molecule has 0 radical (unpaired) electrons. The first-order valence-corrected chi connectivity index (χ1v) is 9.78. The monoisotopic (exact) mass is 363 g/mol. The molecule has 1 saturated heterocycles. The van der Waals surface area contributed by atoms with Gasteiger partial charge in [0.25, 0.3) is 5.91 Å². The molecule has 0 spiro atoms. The van der Waals surface area contributed by atoms with Gasteiger partial charge in [-0.1, -0.05) is 0 Å². The van der Waals surface area contributed by atoms with Crippen LogP contribution in [0.5, 0.6) is 0 Å². The van der Waals surface area contributed by atoms with Crippen molar-refractivity contribution in [3.63, 3.8) is 0 Å². The molecule has 0 aromatic carbocycles. The number of nitrogens with zero attached hydrogens (tertiary/aromatic N) is 1. The van der Waals surface area contributed by atoms with E-state index in [1.807, 2.05) is 29.3 Å². The summed E-state index contributed by atoms with van der Waals surface area (Å²) in [5.74, 6) is 0.131. The molecular weight excluding hydrogens is 338 g/mol. The molecule has 0 unspecified atom stereocenters. The highest BCUT2D eigenvalue weighted by Crippen LogP contribution is 2.24. The first-order chi connectivity index (χ1) is 12.2. The topological polar surface area (TPSA) is 74.4 Å². The average molecular weight is 363 g/mol. The van der Waals surface area contributed by atoms with Gasteiger partial charge in [-0.15, -0.1) is 11.3 Å². The maximum Gasteiger partial charge on any atom is 0.270 e. The molecule has 25 heavy (non-hydrogen) atoms. The van der Waals surface area contributed by atoms with Crippen LogP contribution in [-0.2, 0) is 9.53 Å². The van der Waals surface area contributed by atoms with Gasteiger partial charge in [-0.3, -0.25) is 9.59 Å². The van der Waals surface area contributed by atoms with E-state index < -0.39 is 0 Å². The lowest BCUT2D eigenvalue weighted by Gasteiger charge is -2.31. The lowest BCUT2D eigenvalue weighted by molar-refractivity contribution is -0.126. The van der Waals surface area contributed by atoms with Crippen molar-refractivity contribution in [1.82, 2.24) is 15.2 Å². The summed E-state index contributed by atoms with van der Waals surface area (Å²) >= 11 is 1.60. The number of H-pyrrole nitrogens is 1. The second-order valence-electron chi connectivity index (χ2n) is 6.30. The zero-order valence-corrected chi connectivity index (χ0v) is 15.4. The number of likely N-dealkylation sites (tertiary alicyclic amines) is 1. The molecule has 2 N–H and O–H groups in total. The number of carbonyl (C=O) groups is 2. The number of nitrogens with one attached hydrogen (secondary N) is 2. The number of aromatic nitrogens is 1. The SMILES string of the molecule is CCOCCCNC(=O)C1CCN(C(=O)c2cc3ccsc3[nH]2)CC1. The zero-order chi connectivity index (χ0) is 17.6. The van der Waals surface area contributed by atoms with Crippen LogP contribution in [0.4, 0.5) is 0 Å². The Morgan fingerprint density at radius 2 is 2.20 bits per heavy atom. The number of piperidine rings is 1. The number of ether oxygens (including phenoxy) is 1. The predicted molar refractivity (Wildman–Crippen MR) is 98.9 cm³/mol. The van der Waals surface area contributed by atoms with Crippen molar-refractivity contribution in [1.29, 1.82) is 0 Å². The van der Waals surface area contributed by atoms with Crippen molar-refractivity contribution in [2.24, 2.45) is 5.92 Å². The first-order valence-electron chi connectivity index (χ1n) is 8.90. The van der Waals surface area contributed by atoms with Crippen LogP contribution in [0, 0.1) is 5.92 Å². The van der Waals surface area contributed by atoms with Crippen molar-refractivity contribution in [3.8, 4) is 0 Å². The summed E-state index contributed by atoms with van der Waals surface area (Å²) in [6.45, 7) is 5.25. The van der Waals surface area contributed by atoms with Gasteiger partial charge < -0.3 is 19.9 Å². The zero-order valence-electron chi connectivity index (χ0n) is 14.5. The number of rotatable bonds is 7. The minimum absolute atomic E-state index is 0.00304. The van der Waals surface area contributed by atoms with E-state index in [0.29, 0.717) is 38.5 Å². The summed E-state index contributed by atoms with van der Waals surface area (Å²) in [4.78, 5) is 30.9. The maximum absolute atomic E-state index is 12.6. The van der Waals surface area contributed by atoms with Gasteiger partial charge in [-0.2, -0.15) is 0 Å². The fraction of sp³-hybridized carbons (Fsp3) is 0.556. The normalized spacial score (nSPS) is 15.6. The molecule has 0 saturated carbocycles. The number of fused-ring (bicyclic) bond motifs is 1. The van der Waals surface area contributed by atoms with Crippen molar-refractivity contribution in [2.75, 3.05) is 32.8 Å². The number of hydrogen-bond acceptors (Lipinski definition) is 4. The van der Waals surface area contributed by atoms with E-state index in [0.717, 1.165) is 29.5 Å². The maximum atomic E-state index is 12.6. The molecule has 136 valence electrons. The Balaban J connectivity index is 1.44. The molecule has 6 nitrogen and oxygen atoms in total. The molecule has 0 atom stereocenters. The summed E-state index contributed by atoms with van der Waals surface area (Å²) in [6, 6.07) is 3.92. The largest absolute Gasteiger partial charge is 0.382 e. The quantitative estimate of drug-likeness (QED) is 0.743. The summed E-state index contributed by atoms with van der Waals surface area (Å²) in [5, 5.41) is 6.06. The van der Waals surface area contributed by atoms with Gasteiger partial charge in [0, 0.05) is 44.2 Å². The highest BCUT2D eigenvalue weighted by molar-refractivity contribution is 7.16. The lowest BCUT2D eigenvalue weighted by atomic mass is 9.95. The summed E-state index contributed by atoms with van der Waals surface area (Å²) in [6.07, 6.45) is 2.27. The smallest absolute Gasteiger partial charge is 0.270 e. The van der Waals surface area contributed by atoms with E-state index in [-0.39, 0.29) is 17.7 Å². The fourth-order valence-corrected chi connectivity index (χ4v) is 3.94. The highest BCUT2D eigenvalue weighted by atomic mass is 32.1. The van der Waals surface area contributed by atoms with E-state index in [9.17, 15) is 9.59 Å². The Labute approximate surface area is 151 Å². The summed E-state index contributed by atoms with van der Waals surface area (Å²) in [5.41, 5.74) is 0.640. The molecule has 2 aromatic rings. The highest BCUT2D eigenvalue weighted by Gasteiger charge is 2.28. The Morgan fingerprint density at radius 3 is 2.92 bits per heavy atom. The van der Waals surface area contributed by atoms with Gasteiger partial charge >= 0.3 is 0 Å². The summed E-state index contributed by atoms with van der Waals surface area (Å²) < 4.78 is 5.26. The van der Waals surface area contributed by atoms with Gasteiger partial charge in [0.1, 0.15) is 10.5 Å². The molecule has 2 aromatic heterocycles. The minimum Gasteiger partial charge on any atom is -0.382 e. The Hall–Kier alpha value is -1.86. The predicted octanol–water partition coefficient (Wildman–Crippen LogP) is 2.62. The third-order valence-corrected chi connectivity index (χ3v) is 5.44. The molecular formula is C18H25N3O3S. The third kappa shape index (κ3) is 4.41. The Kier molecular flexibility index (Phi) is 6.09. The fourth-order valence-electron chi connectivity index (χ4n) is 3.15. The van der Waals surface area contributed by atoms with Gasteiger partial charge in [0.15, 0.2) is 0 Å². The van der Waals surface area contributed by atoms with Crippen LogP contribution in [-0.4, -0.2) is 54.5 Å². The molecule has 0 bridgehead atoms. The standard InChI is InChI=1S/C18H25N3O3S/c1-2-24-10-3-7-19-16(22)13-4-8-21(9-5-13)18(23)15-12-14-6-11-25-17(14)20-15/h6,11-13,20H,2-5,7-10H2,1H3,(H,19,22). The second-order valence-corrected chi connectivity index (χ2v) is 7.21. The van der Waals surface area contributed by atoms with Crippen LogP contribution in [0.3, 0.4) is 0 Å². The van der Waals surface area contributed by atoms with Crippen LogP contribution in [0.1, 0.15) is 36.7 Å². The Morgan fingerprint density at radius 1 is 1.40 bits per heavy atom. The molecule has 1 aliphatic rings. The van der Waals surface area contributed by atoms with Crippen LogP contribution >= 0.6 is 11.3 Å². The lowest BCUT2D eigenvalue weighted by Crippen LogP contribution is -2.43. The molecule has 1 aliphatic heterocycles.